The molecule has 2 aromatic heterocycles. The number of carbonyl (C=O) groups is 1. The number of piperidine rings is 1. The highest BCUT2D eigenvalue weighted by molar-refractivity contribution is 5.94. The van der Waals surface area contributed by atoms with Gasteiger partial charge in [0, 0.05) is 25.0 Å². The van der Waals surface area contributed by atoms with Crippen LogP contribution < -0.4 is 4.90 Å². The number of carbonyl (C=O) groups excluding carboxylic acids is 1. The Morgan fingerprint density at radius 3 is 2.88 bits per heavy atom. The maximum Gasteiger partial charge on any atom is 0.343 e. The van der Waals surface area contributed by atoms with Gasteiger partial charge in [-0.3, -0.25) is 0 Å². The molecule has 1 fully saturated rings. The zero-order chi connectivity index (χ0) is 17.1. The first kappa shape index (κ1) is 16.4. The van der Waals surface area contributed by atoms with Gasteiger partial charge in [0.1, 0.15) is 11.4 Å². The summed E-state index contributed by atoms with van der Waals surface area (Å²) in [5, 5.41) is 4.26. The summed E-state index contributed by atoms with van der Waals surface area (Å²) in [4.78, 5) is 23.4. The van der Waals surface area contributed by atoms with E-state index in [-0.39, 0.29) is 5.97 Å². The van der Waals surface area contributed by atoms with E-state index in [0.29, 0.717) is 30.0 Å². The molecule has 1 unspecified atom stereocenters. The zero-order valence-corrected chi connectivity index (χ0v) is 14.4. The van der Waals surface area contributed by atoms with E-state index in [0.717, 1.165) is 24.9 Å². The van der Waals surface area contributed by atoms with Gasteiger partial charge in [0.15, 0.2) is 0 Å². The number of hydrogen-bond donors (Lipinski definition) is 0. The van der Waals surface area contributed by atoms with Crippen LogP contribution in [0.1, 0.15) is 49.0 Å². The van der Waals surface area contributed by atoms with Gasteiger partial charge >= 0.3 is 5.97 Å². The van der Waals surface area contributed by atoms with Crippen molar-refractivity contribution in [3.63, 3.8) is 0 Å². The molecule has 1 aliphatic rings. The second kappa shape index (κ2) is 6.98. The minimum Gasteiger partial charge on any atom is -0.462 e. The highest BCUT2D eigenvalue weighted by Gasteiger charge is 2.26. The number of anilines is 1. The van der Waals surface area contributed by atoms with Gasteiger partial charge in [-0.05, 0) is 45.6 Å². The normalized spacial score (nSPS) is 17.8. The zero-order valence-electron chi connectivity index (χ0n) is 14.4. The van der Waals surface area contributed by atoms with Crippen LogP contribution in [0.15, 0.2) is 18.6 Å². The summed E-state index contributed by atoms with van der Waals surface area (Å²) < 4.78 is 6.80. The van der Waals surface area contributed by atoms with Crippen molar-refractivity contribution in [2.75, 3.05) is 18.1 Å². The monoisotopic (exact) mass is 329 g/mol. The molecular weight excluding hydrogens is 306 g/mol. The molecule has 3 rings (SSSR count). The summed E-state index contributed by atoms with van der Waals surface area (Å²) in [7, 11) is 0. The van der Waals surface area contributed by atoms with Crippen molar-refractivity contribution in [2.24, 2.45) is 0 Å². The molecule has 0 N–H and O–H groups in total. The van der Waals surface area contributed by atoms with Crippen LogP contribution in [0, 0.1) is 6.92 Å². The predicted octanol–water partition coefficient (Wildman–Crippen LogP) is 2.53. The van der Waals surface area contributed by atoms with Crippen LogP contribution in [0.5, 0.6) is 0 Å². The minimum absolute atomic E-state index is 0.327. The summed E-state index contributed by atoms with van der Waals surface area (Å²) in [6.07, 6.45) is 8.54. The topological polar surface area (TPSA) is 73.1 Å². The summed E-state index contributed by atoms with van der Waals surface area (Å²) >= 11 is 0. The third-order valence-corrected chi connectivity index (χ3v) is 4.24. The predicted molar refractivity (Wildman–Crippen MR) is 90.5 cm³/mol. The Kier molecular flexibility index (Phi) is 4.78. The van der Waals surface area contributed by atoms with E-state index >= 15 is 0 Å². The van der Waals surface area contributed by atoms with Crippen molar-refractivity contribution in [3.8, 4) is 5.95 Å². The van der Waals surface area contributed by atoms with E-state index in [1.807, 2.05) is 13.1 Å². The number of rotatable bonds is 4. The molecular formula is C17H23N5O2. The van der Waals surface area contributed by atoms with Gasteiger partial charge in [0.25, 0.3) is 5.95 Å². The van der Waals surface area contributed by atoms with Crippen LogP contribution in [0.4, 0.5) is 5.82 Å². The molecule has 1 saturated heterocycles. The van der Waals surface area contributed by atoms with Gasteiger partial charge in [-0.2, -0.15) is 10.1 Å². The molecule has 0 aliphatic carbocycles. The largest absolute Gasteiger partial charge is 0.462 e. The number of nitrogens with zero attached hydrogens (tertiary/aromatic N) is 5. The second-order valence-electron chi connectivity index (χ2n) is 6.13. The van der Waals surface area contributed by atoms with E-state index in [2.05, 4.69) is 26.9 Å². The Labute approximate surface area is 141 Å². The molecule has 1 atom stereocenters. The first-order chi connectivity index (χ1) is 11.6. The van der Waals surface area contributed by atoms with Crippen molar-refractivity contribution >= 4 is 11.8 Å². The first-order valence-corrected chi connectivity index (χ1v) is 8.42. The smallest absolute Gasteiger partial charge is 0.343 e. The summed E-state index contributed by atoms with van der Waals surface area (Å²) in [6.45, 7) is 7.12. The molecule has 7 nitrogen and oxygen atoms in total. The number of aromatic nitrogens is 4. The van der Waals surface area contributed by atoms with E-state index < -0.39 is 0 Å². The van der Waals surface area contributed by atoms with Crippen molar-refractivity contribution < 1.29 is 9.53 Å². The van der Waals surface area contributed by atoms with Crippen molar-refractivity contribution in [3.05, 3.63) is 29.7 Å². The molecule has 0 bridgehead atoms. The molecule has 0 spiro atoms. The Balaban J connectivity index is 2.04. The second-order valence-corrected chi connectivity index (χ2v) is 6.13. The Morgan fingerprint density at radius 1 is 1.38 bits per heavy atom. The van der Waals surface area contributed by atoms with Gasteiger partial charge < -0.3 is 9.64 Å². The maximum atomic E-state index is 12.3. The lowest BCUT2D eigenvalue weighted by atomic mass is 10.0. The van der Waals surface area contributed by atoms with Gasteiger partial charge in [-0.25, -0.2) is 14.5 Å². The third-order valence-electron chi connectivity index (χ3n) is 4.24. The van der Waals surface area contributed by atoms with E-state index in [1.165, 1.54) is 6.42 Å². The quantitative estimate of drug-likeness (QED) is 0.803. The van der Waals surface area contributed by atoms with Crippen molar-refractivity contribution in [1.29, 1.82) is 0 Å². The third kappa shape index (κ3) is 3.25. The standard InChI is InChI=1S/C17H23N5O2/c1-4-24-16(23)14-10-18-17(22-11-12(2)9-19-22)20-15(14)21-8-6-5-7-13(21)3/h9-11,13H,4-8H2,1-3H3. The van der Waals surface area contributed by atoms with Gasteiger partial charge in [-0.15, -0.1) is 0 Å². The lowest BCUT2D eigenvalue weighted by molar-refractivity contribution is 0.0526. The molecule has 24 heavy (non-hydrogen) atoms. The highest BCUT2D eigenvalue weighted by atomic mass is 16.5. The molecule has 0 saturated carbocycles. The first-order valence-electron chi connectivity index (χ1n) is 8.42. The molecule has 0 amide bonds. The van der Waals surface area contributed by atoms with Crippen molar-refractivity contribution in [2.45, 2.75) is 46.1 Å². The Bertz CT molecular complexity index is 728. The molecule has 2 aromatic rings. The molecule has 128 valence electrons. The molecule has 3 heterocycles. The minimum atomic E-state index is -0.381. The molecule has 1 aliphatic heterocycles. The van der Waals surface area contributed by atoms with Gasteiger partial charge in [0.2, 0.25) is 0 Å². The fourth-order valence-corrected chi connectivity index (χ4v) is 2.98. The Hall–Kier alpha value is -2.44. The average Bonchev–Trinajstić information content (AvgIpc) is 3.01. The van der Waals surface area contributed by atoms with E-state index in [1.54, 1.807) is 24.0 Å². The fourth-order valence-electron chi connectivity index (χ4n) is 2.98. The number of aryl methyl sites for hydroxylation is 1. The summed E-state index contributed by atoms with van der Waals surface area (Å²) in [5.41, 5.74) is 1.44. The summed E-state index contributed by atoms with van der Waals surface area (Å²) in [5.74, 6) is 0.719. The van der Waals surface area contributed by atoms with Crippen LogP contribution in [-0.4, -0.2) is 44.9 Å². The van der Waals surface area contributed by atoms with Crippen LogP contribution >= 0.6 is 0 Å². The van der Waals surface area contributed by atoms with E-state index in [4.69, 9.17) is 4.74 Å². The average molecular weight is 329 g/mol. The lowest BCUT2D eigenvalue weighted by Crippen LogP contribution is -2.39. The Morgan fingerprint density at radius 2 is 2.21 bits per heavy atom. The van der Waals surface area contributed by atoms with Crippen LogP contribution in [0.2, 0.25) is 0 Å². The molecule has 0 aromatic carbocycles. The highest BCUT2D eigenvalue weighted by Crippen LogP contribution is 2.27. The van der Waals surface area contributed by atoms with Crippen LogP contribution in [-0.2, 0) is 4.74 Å². The number of esters is 1. The molecule has 0 radical (unpaired) electrons. The van der Waals surface area contributed by atoms with E-state index in [9.17, 15) is 4.79 Å². The van der Waals surface area contributed by atoms with Gasteiger partial charge in [0.05, 0.1) is 12.8 Å². The number of ether oxygens (including phenoxy) is 1. The molecule has 7 heteroatoms. The summed E-state index contributed by atoms with van der Waals surface area (Å²) in [6, 6.07) is 0.328. The number of hydrogen-bond acceptors (Lipinski definition) is 6. The maximum absolute atomic E-state index is 12.3. The van der Waals surface area contributed by atoms with Gasteiger partial charge in [-0.1, -0.05) is 0 Å². The van der Waals surface area contributed by atoms with Crippen LogP contribution in [0.25, 0.3) is 5.95 Å². The fraction of sp³-hybridized carbons (Fsp3) is 0.529. The SMILES string of the molecule is CCOC(=O)c1cnc(-n2cc(C)cn2)nc1N1CCCCC1C. The van der Waals surface area contributed by atoms with Crippen LogP contribution in [0.3, 0.4) is 0 Å². The lowest BCUT2D eigenvalue weighted by Gasteiger charge is -2.35. The van der Waals surface area contributed by atoms with Crippen molar-refractivity contribution in [1.82, 2.24) is 19.7 Å².